The van der Waals surface area contributed by atoms with Gasteiger partial charge in [-0.1, -0.05) is 33.3 Å². The van der Waals surface area contributed by atoms with Gasteiger partial charge in [0.2, 0.25) is 0 Å². The minimum absolute atomic E-state index is 0.744. The number of aryl methyl sites for hydroxylation is 1. The van der Waals surface area contributed by atoms with Crippen LogP contribution in [0, 0.1) is 6.92 Å². The largest absolute Gasteiger partial charge is 0.357 e. The van der Waals surface area contributed by atoms with E-state index >= 15 is 0 Å². The Hall–Kier alpha value is -1.46. The summed E-state index contributed by atoms with van der Waals surface area (Å²) in [4.78, 5) is 8.84. The molecule has 96 valence electrons. The lowest BCUT2D eigenvalue weighted by Crippen LogP contribution is -1.99. The maximum absolute atomic E-state index is 4.55. The molecule has 0 saturated carbocycles. The second-order valence-corrected chi connectivity index (χ2v) is 6.24. The van der Waals surface area contributed by atoms with Crippen LogP contribution < -0.4 is 5.32 Å². The number of benzene rings is 1. The molecule has 0 atom stereocenters. The SMILES string of the molecule is Cc1ccc(CNc2nc3ccc(Br)cc3s2)cn1. The number of nitrogens with one attached hydrogen (secondary N) is 1. The maximum atomic E-state index is 4.55. The van der Waals surface area contributed by atoms with Crippen LogP contribution in [0.5, 0.6) is 0 Å². The van der Waals surface area contributed by atoms with Crippen molar-refractivity contribution in [1.82, 2.24) is 9.97 Å². The molecule has 0 aliphatic heterocycles. The summed E-state index contributed by atoms with van der Waals surface area (Å²) < 4.78 is 2.26. The topological polar surface area (TPSA) is 37.8 Å². The molecule has 0 amide bonds. The molecule has 0 aliphatic rings. The van der Waals surface area contributed by atoms with Crippen molar-refractivity contribution in [2.24, 2.45) is 0 Å². The summed E-state index contributed by atoms with van der Waals surface area (Å²) >= 11 is 5.14. The van der Waals surface area contributed by atoms with Crippen molar-refractivity contribution < 1.29 is 0 Å². The van der Waals surface area contributed by atoms with Crippen LogP contribution in [0.3, 0.4) is 0 Å². The third kappa shape index (κ3) is 2.93. The van der Waals surface area contributed by atoms with E-state index in [1.54, 1.807) is 11.3 Å². The van der Waals surface area contributed by atoms with E-state index in [0.29, 0.717) is 0 Å². The van der Waals surface area contributed by atoms with Crippen LogP contribution >= 0.6 is 27.3 Å². The van der Waals surface area contributed by atoms with Gasteiger partial charge >= 0.3 is 0 Å². The Morgan fingerprint density at radius 1 is 1.26 bits per heavy atom. The van der Waals surface area contributed by atoms with Crippen LogP contribution in [0.15, 0.2) is 41.0 Å². The molecule has 3 aromatic rings. The van der Waals surface area contributed by atoms with Crippen LogP contribution in [-0.4, -0.2) is 9.97 Å². The standard InChI is InChI=1S/C14H12BrN3S/c1-9-2-3-10(7-16-9)8-17-14-18-12-5-4-11(15)6-13(12)19-14/h2-7H,8H2,1H3,(H,17,18). The molecule has 5 heteroatoms. The van der Waals surface area contributed by atoms with E-state index in [1.165, 1.54) is 4.70 Å². The molecule has 0 radical (unpaired) electrons. The van der Waals surface area contributed by atoms with Crippen LogP contribution in [0.2, 0.25) is 0 Å². The third-order valence-corrected chi connectivity index (χ3v) is 4.24. The number of pyridine rings is 1. The summed E-state index contributed by atoms with van der Waals surface area (Å²) in [6, 6.07) is 10.2. The monoisotopic (exact) mass is 333 g/mol. The molecule has 3 rings (SSSR count). The highest BCUT2D eigenvalue weighted by atomic mass is 79.9. The number of aromatic nitrogens is 2. The smallest absolute Gasteiger partial charge is 0.184 e. The number of nitrogens with zero attached hydrogens (tertiary/aromatic N) is 2. The van der Waals surface area contributed by atoms with Gasteiger partial charge < -0.3 is 5.32 Å². The molecule has 3 nitrogen and oxygen atoms in total. The van der Waals surface area contributed by atoms with Crippen molar-refractivity contribution in [2.45, 2.75) is 13.5 Å². The van der Waals surface area contributed by atoms with E-state index in [4.69, 9.17) is 0 Å². The highest BCUT2D eigenvalue weighted by Gasteiger charge is 2.04. The first-order chi connectivity index (χ1) is 9.20. The average molecular weight is 334 g/mol. The van der Waals surface area contributed by atoms with Crippen molar-refractivity contribution in [1.29, 1.82) is 0 Å². The Labute approximate surface area is 123 Å². The first-order valence-corrected chi connectivity index (χ1v) is 7.53. The number of hydrogen-bond acceptors (Lipinski definition) is 4. The van der Waals surface area contributed by atoms with Gasteiger partial charge in [0, 0.05) is 22.9 Å². The highest BCUT2D eigenvalue weighted by Crippen LogP contribution is 2.28. The van der Waals surface area contributed by atoms with Gasteiger partial charge in [0.1, 0.15) is 0 Å². The Bertz CT molecular complexity index is 706. The van der Waals surface area contributed by atoms with Gasteiger partial charge in [-0.05, 0) is 36.8 Å². The number of rotatable bonds is 3. The summed E-state index contributed by atoms with van der Waals surface area (Å²) in [6.45, 7) is 2.73. The van der Waals surface area contributed by atoms with Crippen LogP contribution in [0.4, 0.5) is 5.13 Å². The Balaban J connectivity index is 1.76. The summed E-state index contributed by atoms with van der Waals surface area (Å²) in [6.07, 6.45) is 1.90. The molecule has 2 aromatic heterocycles. The van der Waals surface area contributed by atoms with Gasteiger partial charge in [-0.3, -0.25) is 4.98 Å². The fraction of sp³-hybridized carbons (Fsp3) is 0.143. The van der Waals surface area contributed by atoms with Gasteiger partial charge in [-0.2, -0.15) is 0 Å². The van der Waals surface area contributed by atoms with Crippen LogP contribution in [0.25, 0.3) is 10.2 Å². The summed E-state index contributed by atoms with van der Waals surface area (Å²) in [7, 11) is 0. The lowest BCUT2D eigenvalue weighted by Gasteiger charge is -2.02. The first-order valence-electron chi connectivity index (χ1n) is 5.92. The van der Waals surface area contributed by atoms with Gasteiger partial charge in [0.15, 0.2) is 5.13 Å². The number of anilines is 1. The van der Waals surface area contributed by atoms with Crippen molar-refractivity contribution >= 4 is 42.6 Å². The van der Waals surface area contributed by atoms with Gasteiger partial charge in [0.05, 0.1) is 10.2 Å². The quantitative estimate of drug-likeness (QED) is 0.773. The fourth-order valence-corrected chi connectivity index (χ4v) is 3.17. The molecule has 0 spiro atoms. The fourth-order valence-electron chi connectivity index (χ4n) is 1.75. The molecule has 2 heterocycles. The molecule has 0 fully saturated rings. The molecule has 19 heavy (non-hydrogen) atoms. The van der Waals surface area contributed by atoms with Gasteiger partial charge in [-0.15, -0.1) is 0 Å². The predicted octanol–water partition coefficient (Wildman–Crippen LogP) is 4.37. The highest BCUT2D eigenvalue weighted by molar-refractivity contribution is 9.10. The lowest BCUT2D eigenvalue weighted by molar-refractivity contribution is 1.08. The van der Waals surface area contributed by atoms with Gasteiger partial charge in [-0.25, -0.2) is 4.98 Å². The van der Waals surface area contributed by atoms with Crippen LogP contribution in [-0.2, 0) is 6.54 Å². The van der Waals surface area contributed by atoms with E-state index < -0.39 is 0 Å². The average Bonchev–Trinajstić information content (AvgIpc) is 2.80. The zero-order valence-corrected chi connectivity index (χ0v) is 12.8. The normalized spacial score (nSPS) is 10.8. The van der Waals surface area contributed by atoms with Crippen molar-refractivity contribution in [3.63, 3.8) is 0 Å². The first kappa shape index (κ1) is 12.6. The molecule has 0 saturated heterocycles. The van der Waals surface area contributed by atoms with E-state index in [2.05, 4.69) is 43.3 Å². The maximum Gasteiger partial charge on any atom is 0.184 e. The minimum atomic E-state index is 0.744. The number of thiazole rings is 1. The van der Waals surface area contributed by atoms with E-state index in [0.717, 1.165) is 32.9 Å². The third-order valence-electron chi connectivity index (χ3n) is 2.77. The zero-order chi connectivity index (χ0) is 13.2. The number of halogens is 1. The Kier molecular flexibility index (Phi) is 3.48. The molecule has 0 unspecified atom stereocenters. The second-order valence-electron chi connectivity index (χ2n) is 4.29. The molecule has 0 bridgehead atoms. The Morgan fingerprint density at radius 3 is 2.95 bits per heavy atom. The Morgan fingerprint density at radius 2 is 2.16 bits per heavy atom. The molecule has 1 aromatic carbocycles. The lowest BCUT2D eigenvalue weighted by atomic mass is 10.2. The summed E-state index contributed by atoms with van der Waals surface area (Å²) in [5.74, 6) is 0. The summed E-state index contributed by atoms with van der Waals surface area (Å²) in [5, 5.41) is 4.28. The molecular formula is C14H12BrN3S. The molecular weight excluding hydrogens is 322 g/mol. The predicted molar refractivity (Wildman–Crippen MR) is 83.6 cm³/mol. The number of hydrogen-bond donors (Lipinski definition) is 1. The van der Waals surface area contributed by atoms with E-state index in [-0.39, 0.29) is 0 Å². The summed E-state index contributed by atoms with van der Waals surface area (Å²) in [5.41, 5.74) is 3.22. The van der Waals surface area contributed by atoms with Crippen molar-refractivity contribution in [3.8, 4) is 0 Å². The van der Waals surface area contributed by atoms with Crippen molar-refractivity contribution in [2.75, 3.05) is 5.32 Å². The molecule has 1 N–H and O–H groups in total. The number of fused-ring (bicyclic) bond motifs is 1. The van der Waals surface area contributed by atoms with Crippen LogP contribution in [0.1, 0.15) is 11.3 Å². The molecule has 0 aliphatic carbocycles. The van der Waals surface area contributed by atoms with Crippen molar-refractivity contribution in [3.05, 3.63) is 52.3 Å². The van der Waals surface area contributed by atoms with E-state index in [1.807, 2.05) is 31.3 Å². The van der Waals surface area contributed by atoms with Gasteiger partial charge in [0.25, 0.3) is 0 Å². The zero-order valence-electron chi connectivity index (χ0n) is 10.4. The van der Waals surface area contributed by atoms with E-state index in [9.17, 15) is 0 Å². The minimum Gasteiger partial charge on any atom is -0.357 e. The second kappa shape index (κ2) is 5.27.